The van der Waals surface area contributed by atoms with Crippen LogP contribution in [-0.4, -0.2) is 6.54 Å². The molecule has 0 spiro atoms. The summed E-state index contributed by atoms with van der Waals surface area (Å²) >= 11 is 9.41. The van der Waals surface area contributed by atoms with Crippen LogP contribution in [0, 0.1) is 0 Å². The minimum absolute atomic E-state index is 0.635. The van der Waals surface area contributed by atoms with Crippen molar-refractivity contribution < 1.29 is 0 Å². The van der Waals surface area contributed by atoms with Gasteiger partial charge in [-0.05, 0) is 51.7 Å². The summed E-state index contributed by atoms with van der Waals surface area (Å²) in [6, 6.07) is 14.6. The molecule has 0 bridgehead atoms. The molecule has 0 fully saturated rings. The predicted molar refractivity (Wildman–Crippen MR) is 80.5 cm³/mol. The zero-order chi connectivity index (χ0) is 12.5. The summed E-state index contributed by atoms with van der Waals surface area (Å²) in [7, 11) is 0. The number of hydrogen-bond acceptors (Lipinski definition) is 1. The number of rotatable bonds is 3. The van der Waals surface area contributed by atoms with Crippen LogP contribution in [0.5, 0.6) is 0 Å². The molecule has 1 aliphatic rings. The molecule has 0 heterocycles. The van der Waals surface area contributed by atoms with Crippen LogP contribution in [0.3, 0.4) is 0 Å². The van der Waals surface area contributed by atoms with E-state index in [-0.39, 0.29) is 0 Å². The molecule has 3 rings (SSSR count). The molecule has 1 N–H and O–H groups in total. The van der Waals surface area contributed by atoms with E-state index in [9.17, 15) is 0 Å². The first-order valence-electron chi connectivity index (χ1n) is 6.01. The second kappa shape index (κ2) is 4.94. The number of hydrogen-bond donors (Lipinski definition) is 1. The van der Waals surface area contributed by atoms with Gasteiger partial charge in [-0.2, -0.15) is 0 Å². The summed E-state index contributed by atoms with van der Waals surface area (Å²) in [6.07, 6.45) is 1.18. The summed E-state index contributed by atoms with van der Waals surface area (Å²) < 4.78 is 0.933. The predicted octanol–water partition coefficient (Wildman–Crippen LogP) is 4.85. The molecule has 2 aromatic rings. The topological polar surface area (TPSA) is 12.0 Å². The Balaban J connectivity index is 1.65. The van der Waals surface area contributed by atoms with Crippen molar-refractivity contribution in [1.29, 1.82) is 0 Å². The summed E-state index contributed by atoms with van der Waals surface area (Å²) in [5.41, 5.74) is 4.08. The standard InChI is InChI=1S/C15H13BrClN/c16-14-8-12(5-6-15(14)17)18-9-11-7-10-3-1-2-4-13(10)11/h1-6,8,11,18H,7,9H2. The van der Waals surface area contributed by atoms with Gasteiger partial charge < -0.3 is 5.32 Å². The summed E-state index contributed by atoms with van der Waals surface area (Å²) in [5, 5.41) is 4.21. The molecule has 2 aromatic carbocycles. The number of nitrogens with one attached hydrogen (secondary N) is 1. The van der Waals surface area contributed by atoms with E-state index >= 15 is 0 Å². The lowest BCUT2D eigenvalue weighted by Gasteiger charge is -2.30. The van der Waals surface area contributed by atoms with E-state index in [0.29, 0.717) is 5.92 Å². The van der Waals surface area contributed by atoms with Gasteiger partial charge in [-0.25, -0.2) is 0 Å². The third-order valence-electron chi connectivity index (χ3n) is 3.43. The minimum Gasteiger partial charge on any atom is -0.384 e. The monoisotopic (exact) mass is 321 g/mol. The lowest BCUT2D eigenvalue weighted by Crippen LogP contribution is -2.24. The van der Waals surface area contributed by atoms with Gasteiger partial charge in [0.2, 0.25) is 0 Å². The van der Waals surface area contributed by atoms with Crippen molar-refractivity contribution in [2.24, 2.45) is 0 Å². The van der Waals surface area contributed by atoms with Gasteiger partial charge in [0.1, 0.15) is 0 Å². The van der Waals surface area contributed by atoms with Crippen molar-refractivity contribution in [2.75, 3.05) is 11.9 Å². The zero-order valence-electron chi connectivity index (χ0n) is 9.79. The van der Waals surface area contributed by atoms with E-state index in [1.807, 2.05) is 18.2 Å². The molecule has 1 aliphatic carbocycles. The van der Waals surface area contributed by atoms with Crippen LogP contribution in [0.15, 0.2) is 46.9 Å². The molecule has 3 heteroatoms. The van der Waals surface area contributed by atoms with Crippen LogP contribution in [0.25, 0.3) is 0 Å². The smallest absolute Gasteiger partial charge is 0.0549 e. The molecule has 92 valence electrons. The van der Waals surface area contributed by atoms with Crippen molar-refractivity contribution in [3.8, 4) is 0 Å². The number of benzene rings is 2. The van der Waals surface area contributed by atoms with E-state index in [1.54, 1.807) is 0 Å². The first kappa shape index (κ1) is 12.1. The Bertz CT molecular complexity index is 582. The third kappa shape index (κ3) is 2.27. The van der Waals surface area contributed by atoms with E-state index < -0.39 is 0 Å². The fourth-order valence-corrected chi connectivity index (χ4v) is 2.89. The highest BCUT2D eigenvalue weighted by Gasteiger charge is 2.24. The summed E-state index contributed by atoms with van der Waals surface area (Å²) in [4.78, 5) is 0. The molecule has 18 heavy (non-hydrogen) atoms. The van der Waals surface area contributed by atoms with Crippen LogP contribution in [0.2, 0.25) is 5.02 Å². The van der Waals surface area contributed by atoms with E-state index in [4.69, 9.17) is 11.6 Å². The van der Waals surface area contributed by atoms with Gasteiger partial charge in [0.25, 0.3) is 0 Å². The van der Waals surface area contributed by atoms with Gasteiger partial charge in [0.05, 0.1) is 5.02 Å². The van der Waals surface area contributed by atoms with Crippen LogP contribution < -0.4 is 5.32 Å². The first-order chi connectivity index (χ1) is 8.74. The lowest BCUT2D eigenvalue weighted by atomic mass is 9.77. The SMILES string of the molecule is Clc1ccc(NCC2Cc3ccccc32)cc1Br. The highest BCUT2D eigenvalue weighted by atomic mass is 79.9. The molecule has 0 saturated carbocycles. The maximum Gasteiger partial charge on any atom is 0.0549 e. The molecule has 0 saturated heterocycles. The average Bonchev–Trinajstić information content (AvgIpc) is 2.35. The number of anilines is 1. The van der Waals surface area contributed by atoms with Gasteiger partial charge in [0.15, 0.2) is 0 Å². The lowest BCUT2D eigenvalue weighted by molar-refractivity contribution is 0.636. The molecule has 1 atom stereocenters. The highest BCUT2D eigenvalue weighted by Crippen LogP contribution is 2.35. The molecular weight excluding hydrogens is 310 g/mol. The van der Waals surface area contributed by atoms with E-state index in [1.165, 1.54) is 17.5 Å². The van der Waals surface area contributed by atoms with Crippen molar-refractivity contribution in [3.05, 3.63) is 63.1 Å². The van der Waals surface area contributed by atoms with Gasteiger partial charge in [-0.3, -0.25) is 0 Å². The summed E-state index contributed by atoms with van der Waals surface area (Å²) in [5.74, 6) is 0.635. The second-order valence-corrected chi connectivity index (χ2v) is 5.87. The van der Waals surface area contributed by atoms with Crippen LogP contribution >= 0.6 is 27.5 Å². The Morgan fingerprint density at radius 2 is 2.06 bits per heavy atom. The zero-order valence-corrected chi connectivity index (χ0v) is 12.1. The number of halogens is 2. The quantitative estimate of drug-likeness (QED) is 0.851. The molecule has 1 unspecified atom stereocenters. The van der Waals surface area contributed by atoms with E-state index in [0.717, 1.165) is 21.7 Å². The van der Waals surface area contributed by atoms with Crippen LogP contribution in [0.1, 0.15) is 17.0 Å². The van der Waals surface area contributed by atoms with Crippen molar-refractivity contribution in [1.82, 2.24) is 0 Å². The van der Waals surface area contributed by atoms with Gasteiger partial charge in [0, 0.05) is 22.6 Å². The molecule has 0 radical (unpaired) electrons. The van der Waals surface area contributed by atoms with Crippen molar-refractivity contribution in [3.63, 3.8) is 0 Å². The molecule has 0 aliphatic heterocycles. The van der Waals surface area contributed by atoms with Crippen LogP contribution in [0.4, 0.5) is 5.69 Å². The maximum absolute atomic E-state index is 5.97. The Hall–Kier alpha value is -0.990. The number of fused-ring (bicyclic) bond motifs is 1. The normalized spacial score (nSPS) is 16.9. The fourth-order valence-electron chi connectivity index (χ4n) is 2.39. The van der Waals surface area contributed by atoms with Crippen molar-refractivity contribution in [2.45, 2.75) is 12.3 Å². The Morgan fingerprint density at radius 3 is 2.83 bits per heavy atom. The van der Waals surface area contributed by atoms with Crippen molar-refractivity contribution >= 4 is 33.2 Å². The Labute approximate surface area is 120 Å². The van der Waals surface area contributed by atoms with Gasteiger partial charge >= 0.3 is 0 Å². The summed E-state index contributed by atoms with van der Waals surface area (Å²) in [6.45, 7) is 0.977. The Kier molecular flexibility index (Phi) is 3.31. The van der Waals surface area contributed by atoms with Gasteiger partial charge in [-0.15, -0.1) is 0 Å². The second-order valence-electron chi connectivity index (χ2n) is 4.61. The maximum atomic E-state index is 5.97. The first-order valence-corrected chi connectivity index (χ1v) is 7.18. The minimum atomic E-state index is 0.635. The molecule has 1 nitrogen and oxygen atoms in total. The largest absolute Gasteiger partial charge is 0.384 e. The van der Waals surface area contributed by atoms with Crippen LogP contribution in [-0.2, 0) is 6.42 Å². The average molecular weight is 323 g/mol. The van der Waals surface area contributed by atoms with Gasteiger partial charge in [-0.1, -0.05) is 35.9 Å². The molecule has 0 amide bonds. The molecular formula is C15H13BrClN. The fraction of sp³-hybridized carbons (Fsp3) is 0.200. The Morgan fingerprint density at radius 1 is 1.22 bits per heavy atom. The molecule has 0 aromatic heterocycles. The third-order valence-corrected chi connectivity index (χ3v) is 4.65. The van der Waals surface area contributed by atoms with E-state index in [2.05, 4.69) is 45.5 Å². The highest BCUT2D eigenvalue weighted by molar-refractivity contribution is 9.10.